The van der Waals surface area contributed by atoms with Crippen LogP contribution in [0.5, 0.6) is 0 Å². The Morgan fingerprint density at radius 3 is 2.13 bits per heavy atom. The summed E-state index contributed by atoms with van der Waals surface area (Å²) in [5, 5.41) is 89.2. The molecule has 0 spiro atoms. The van der Waals surface area contributed by atoms with E-state index in [2.05, 4.69) is 13.8 Å². The van der Waals surface area contributed by atoms with Crippen molar-refractivity contribution in [2.75, 3.05) is 27.4 Å². The molecule has 0 unspecified atom stereocenters. The predicted molar refractivity (Wildman–Crippen MR) is 189 cm³/mol. The van der Waals surface area contributed by atoms with E-state index < -0.39 is 103 Å². The Morgan fingerprint density at radius 1 is 0.792 bits per heavy atom. The molecule has 21 atom stereocenters. The van der Waals surface area contributed by atoms with E-state index in [0.29, 0.717) is 32.1 Å². The lowest BCUT2D eigenvalue weighted by Crippen LogP contribution is -2.70. The second-order valence-electron chi connectivity index (χ2n) is 18.3. The number of methoxy groups -OCH3 is 2. The molecule has 53 heavy (non-hydrogen) atoms. The van der Waals surface area contributed by atoms with Crippen LogP contribution in [0.25, 0.3) is 0 Å². The largest absolute Gasteiger partial charge is 0.394 e. The number of hydrogen-bond donors (Lipinski definition) is 8. The molecular formula is C39H68O14. The molecular weight excluding hydrogens is 692 g/mol. The van der Waals surface area contributed by atoms with E-state index in [-0.39, 0.29) is 48.2 Å². The molecule has 14 heteroatoms. The van der Waals surface area contributed by atoms with Crippen LogP contribution in [0, 0.1) is 46.3 Å². The summed E-state index contributed by atoms with van der Waals surface area (Å²) < 4.78 is 35.4. The van der Waals surface area contributed by atoms with Crippen LogP contribution in [0.1, 0.15) is 86.0 Å². The molecule has 308 valence electrons. The molecule has 0 aromatic carbocycles. The summed E-state index contributed by atoms with van der Waals surface area (Å²) in [5.74, 6) is -0.891. The van der Waals surface area contributed by atoms with Crippen molar-refractivity contribution in [2.45, 2.75) is 171 Å². The quantitative estimate of drug-likeness (QED) is 0.138. The van der Waals surface area contributed by atoms with Gasteiger partial charge in [-0.3, -0.25) is 0 Å². The maximum atomic E-state index is 12.7. The van der Waals surface area contributed by atoms with Crippen LogP contribution in [-0.2, 0) is 28.4 Å². The van der Waals surface area contributed by atoms with Gasteiger partial charge in [0.1, 0.15) is 36.6 Å². The zero-order chi connectivity index (χ0) is 38.8. The maximum absolute atomic E-state index is 12.7. The van der Waals surface area contributed by atoms with Crippen LogP contribution < -0.4 is 0 Å². The monoisotopic (exact) mass is 760 g/mol. The first-order chi connectivity index (χ1) is 25.0. The molecule has 0 amide bonds. The molecule has 6 rings (SSSR count). The van der Waals surface area contributed by atoms with E-state index in [0.717, 1.165) is 12.8 Å². The third-order valence-corrected chi connectivity index (χ3v) is 15.2. The number of ether oxygens (including phenoxy) is 6. The van der Waals surface area contributed by atoms with E-state index in [4.69, 9.17) is 28.4 Å². The summed E-state index contributed by atoms with van der Waals surface area (Å²) in [6, 6.07) is 0. The van der Waals surface area contributed by atoms with Crippen LogP contribution in [0.3, 0.4) is 0 Å². The molecule has 14 nitrogen and oxygen atoms in total. The van der Waals surface area contributed by atoms with E-state index in [1.54, 1.807) is 0 Å². The number of aliphatic hydroxyl groups is 8. The average Bonchev–Trinajstić information content (AvgIpc) is 3.55. The standard InChI is InChI=1S/C39H68O14/c1-18(2)24(51-36-33(30(45)25(16-40)52-36)53-35-32(49-7)31(46)26(48-6)17-50-35)9-8-19(3)20-14-22(42)34-37(20,4)13-11-27-38(5)12-10-21(41)29(44)28(38)23(43)15-39(27,34)47/h18-36,40-47H,8-17H2,1-7H3/t19-,20-,21+,22-,23-,24+,25+,26-,27-,28+,29+,30+,31+,32-,33-,34-,35+,36-,37-,38-,39+/m1/s1. The van der Waals surface area contributed by atoms with Crippen LogP contribution in [0.15, 0.2) is 0 Å². The molecule has 6 aliphatic rings. The minimum atomic E-state index is -1.31. The first-order valence-electron chi connectivity index (χ1n) is 20.0. The van der Waals surface area contributed by atoms with Crippen molar-refractivity contribution in [3.63, 3.8) is 0 Å². The lowest BCUT2D eigenvalue weighted by atomic mass is 9.41. The summed E-state index contributed by atoms with van der Waals surface area (Å²) in [4.78, 5) is 0. The Labute approximate surface area is 314 Å². The van der Waals surface area contributed by atoms with Gasteiger partial charge in [-0.25, -0.2) is 0 Å². The zero-order valence-corrected chi connectivity index (χ0v) is 32.6. The van der Waals surface area contributed by atoms with Gasteiger partial charge in [0.25, 0.3) is 0 Å². The Bertz CT molecular complexity index is 1230. The van der Waals surface area contributed by atoms with Crippen molar-refractivity contribution in [1.29, 1.82) is 0 Å². The van der Waals surface area contributed by atoms with Crippen LogP contribution in [0.2, 0.25) is 0 Å². The van der Waals surface area contributed by atoms with Crippen LogP contribution in [0.4, 0.5) is 0 Å². The van der Waals surface area contributed by atoms with Gasteiger partial charge in [0.2, 0.25) is 0 Å². The summed E-state index contributed by atoms with van der Waals surface area (Å²) in [6.07, 6.45) is -7.34. The third kappa shape index (κ3) is 7.17. The van der Waals surface area contributed by atoms with Crippen molar-refractivity contribution in [2.24, 2.45) is 46.3 Å². The highest BCUT2D eigenvalue weighted by Crippen LogP contribution is 2.70. The maximum Gasteiger partial charge on any atom is 0.187 e. The zero-order valence-electron chi connectivity index (χ0n) is 32.6. The molecule has 4 saturated carbocycles. The van der Waals surface area contributed by atoms with Crippen molar-refractivity contribution in [1.82, 2.24) is 0 Å². The van der Waals surface area contributed by atoms with E-state index in [1.807, 2.05) is 20.8 Å². The smallest absolute Gasteiger partial charge is 0.187 e. The van der Waals surface area contributed by atoms with Gasteiger partial charge in [0.15, 0.2) is 12.6 Å². The summed E-state index contributed by atoms with van der Waals surface area (Å²) in [5.41, 5.74) is -2.26. The normalized spacial score (nSPS) is 52.5. The molecule has 0 bridgehead atoms. The SMILES string of the molecule is CO[C@H]1[C@H](O[C@H]2[C@H](O[C@@H](CC[C@@H](C)[C@H]3C[C@@H](O)[C@@H]4[C@]3(C)CC[C@@H]3[C@@]5(C)CC[C@H](O)[C@H](O)[C@@H]5[C@H](O)C[C@]34O)C(C)C)O[C@@H](CO)[C@@H]2O)OC[C@@H](OC)[C@@H]1O. The summed E-state index contributed by atoms with van der Waals surface area (Å²) in [7, 11) is 2.89. The van der Waals surface area contributed by atoms with Crippen LogP contribution >= 0.6 is 0 Å². The highest BCUT2D eigenvalue weighted by molar-refractivity contribution is 5.21. The predicted octanol–water partition coefficient (Wildman–Crippen LogP) is 0.702. The first-order valence-corrected chi connectivity index (χ1v) is 20.0. The minimum Gasteiger partial charge on any atom is -0.394 e. The Hall–Kier alpha value is -0.560. The molecule has 2 heterocycles. The Morgan fingerprint density at radius 2 is 1.49 bits per heavy atom. The fourth-order valence-electron chi connectivity index (χ4n) is 12.5. The fraction of sp³-hybridized carbons (Fsp3) is 1.00. The Balaban J connectivity index is 1.14. The van der Waals surface area contributed by atoms with Crippen molar-refractivity contribution in [3.05, 3.63) is 0 Å². The molecule has 4 aliphatic carbocycles. The van der Waals surface area contributed by atoms with Gasteiger partial charge in [0, 0.05) is 32.5 Å². The van der Waals surface area contributed by atoms with Crippen molar-refractivity contribution in [3.8, 4) is 0 Å². The summed E-state index contributed by atoms with van der Waals surface area (Å²) >= 11 is 0. The van der Waals surface area contributed by atoms with E-state index in [1.165, 1.54) is 14.2 Å². The first kappa shape index (κ1) is 42.1. The molecule has 0 aromatic heterocycles. The number of hydrogen-bond acceptors (Lipinski definition) is 14. The molecule has 2 aliphatic heterocycles. The van der Waals surface area contributed by atoms with Gasteiger partial charge < -0.3 is 69.3 Å². The van der Waals surface area contributed by atoms with Gasteiger partial charge in [-0.05, 0) is 79.4 Å². The number of aliphatic hydroxyl groups excluding tert-OH is 7. The van der Waals surface area contributed by atoms with Gasteiger partial charge in [-0.2, -0.15) is 0 Å². The lowest BCUT2D eigenvalue weighted by Gasteiger charge is -2.66. The average molecular weight is 761 g/mol. The highest BCUT2D eigenvalue weighted by Gasteiger charge is 2.71. The summed E-state index contributed by atoms with van der Waals surface area (Å²) in [6.45, 7) is 10.1. The van der Waals surface area contributed by atoms with Crippen molar-refractivity contribution >= 4 is 0 Å². The highest BCUT2D eigenvalue weighted by atomic mass is 16.8. The lowest BCUT2D eigenvalue weighted by molar-refractivity contribution is -0.313. The molecule has 2 saturated heterocycles. The van der Waals surface area contributed by atoms with Gasteiger partial charge >= 0.3 is 0 Å². The van der Waals surface area contributed by atoms with Crippen LogP contribution in [-0.4, -0.2) is 154 Å². The van der Waals surface area contributed by atoms with Gasteiger partial charge in [-0.1, -0.05) is 34.6 Å². The molecule has 0 radical (unpaired) electrons. The third-order valence-electron chi connectivity index (χ3n) is 15.2. The van der Waals surface area contributed by atoms with E-state index in [9.17, 15) is 40.9 Å². The second kappa shape index (κ2) is 16.0. The minimum absolute atomic E-state index is 0.0501. The van der Waals surface area contributed by atoms with E-state index >= 15 is 0 Å². The second-order valence-corrected chi connectivity index (χ2v) is 18.3. The topological polar surface area (TPSA) is 217 Å². The van der Waals surface area contributed by atoms with Gasteiger partial charge in [0.05, 0.1) is 49.3 Å². The number of rotatable bonds is 12. The van der Waals surface area contributed by atoms with Gasteiger partial charge in [-0.15, -0.1) is 0 Å². The fourth-order valence-corrected chi connectivity index (χ4v) is 12.5. The van der Waals surface area contributed by atoms with Crippen molar-refractivity contribution < 1.29 is 69.3 Å². The Kier molecular flexibility index (Phi) is 12.7. The molecule has 6 fully saturated rings. The molecule has 8 N–H and O–H groups in total. The molecule has 0 aromatic rings. The number of fused-ring (bicyclic) bond motifs is 5.